The number of aliphatic hydroxyl groups excluding tert-OH is 7. The fraction of sp³-hybridized carbons (Fsp3) is 0.750. The SMILES string of the molecule is OC[C@H]1O[C@H](c2cccc(OCC3CCCC3)c2)[C@H](O)[C@@H](O[C@H]2O[C@H](CO)[C@@H](O)[C@H](O)[C@@H]2O)[C@H]1O. The Morgan fingerprint density at radius 1 is 0.800 bits per heavy atom. The van der Waals surface area contributed by atoms with Gasteiger partial charge < -0.3 is 54.7 Å². The van der Waals surface area contributed by atoms with E-state index in [1.807, 2.05) is 0 Å². The highest BCUT2D eigenvalue weighted by Gasteiger charge is 2.50. The molecule has 3 aliphatic rings. The summed E-state index contributed by atoms with van der Waals surface area (Å²) >= 11 is 0. The van der Waals surface area contributed by atoms with Crippen molar-refractivity contribution < 1.29 is 54.7 Å². The predicted molar refractivity (Wildman–Crippen MR) is 119 cm³/mol. The number of hydrogen-bond donors (Lipinski definition) is 7. The normalized spacial score (nSPS) is 40.7. The highest BCUT2D eigenvalue weighted by molar-refractivity contribution is 5.31. The smallest absolute Gasteiger partial charge is 0.187 e. The second-order valence-electron chi connectivity index (χ2n) is 9.59. The average Bonchev–Trinajstić information content (AvgIpc) is 3.39. The lowest BCUT2D eigenvalue weighted by atomic mass is 9.90. The molecule has 0 spiro atoms. The molecule has 1 aliphatic carbocycles. The van der Waals surface area contributed by atoms with Gasteiger partial charge in [-0.3, -0.25) is 0 Å². The lowest BCUT2D eigenvalue weighted by Crippen LogP contribution is -2.63. The van der Waals surface area contributed by atoms with Crippen molar-refractivity contribution in [3.63, 3.8) is 0 Å². The zero-order chi connectivity index (χ0) is 25.1. The van der Waals surface area contributed by atoms with Gasteiger partial charge in [-0.05, 0) is 36.5 Å². The van der Waals surface area contributed by atoms with Crippen molar-refractivity contribution in [1.82, 2.24) is 0 Å². The summed E-state index contributed by atoms with van der Waals surface area (Å²) in [4.78, 5) is 0. The molecule has 2 saturated heterocycles. The van der Waals surface area contributed by atoms with Crippen molar-refractivity contribution in [3.8, 4) is 5.75 Å². The van der Waals surface area contributed by atoms with Gasteiger partial charge in [0.2, 0.25) is 0 Å². The van der Waals surface area contributed by atoms with Crippen LogP contribution in [0.25, 0.3) is 0 Å². The highest BCUT2D eigenvalue weighted by atomic mass is 16.7. The maximum absolute atomic E-state index is 11.1. The van der Waals surface area contributed by atoms with Crippen LogP contribution in [0.15, 0.2) is 24.3 Å². The first-order valence-electron chi connectivity index (χ1n) is 12.1. The molecule has 198 valence electrons. The van der Waals surface area contributed by atoms with Gasteiger partial charge in [0, 0.05) is 0 Å². The molecular formula is C24H36O11. The van der Waals surface area contributed by atoms with Crippen molar-refractivity contribution >= 4 is 0 Å². The molecule has 7 N–H and O–H groups in total. The minimum absolute atomic E-state index is 0.514. The van der Waals surface area contributed by atoms with Gasteiger partial charge in [0.05, 0.1) is 19.8 Å². The molecule has 11 nitrogen and oxygen atoms in total. The van der Waals surface area contributed by atoms with Gasteiger partial charge in [-0.25, -0.2) is 0 Å². The van der Waals surface area contributed by atoms with Gasteiger partial charge in [-0.15, -0.1) is 0 Å². The zero-order valence-electron chi connectivity index (χ0n) is 19.4. The number of aliphatic hydroxyl groups is 7. The molecule has 0 radical (unpaired) electrons. The quantitative estimate of drug-likeness (QED) is 0.223. The molecule has 1 saturated carbocycles. The van der Waals surface area contributed by atoms with Gasteiger partial charge in [-0.1, -0.05) is 25.0 Å². The topological polar surface area (TPSA) is 179 Å². The van der Waals surface area contributed by atoms with Gasteiger partial charge in [0.15, 0.2) is 6.29 Å². The lowest BCUT2D eigenvalue weighted by Gasteiger charge is -2.46. The largest absolute Gasteiger partial charge is 0.493 e. The van der Waals surface area contributed by atoms with Crippen molar-refractivity contribution in [2.24, 2.45) is 5.92 Å². The molecule has 10 atom stereocenters. The summed E-state index contributed by atoms with van der Waals surface area (Å²) in [5, 5.41) is 71.3. The Morgan fingerprint density at radius 3 is 2.17 bits per heavy atom. The van der Waals surface area contributed by atoms with Crippen LogP contribution in [-0.2, 0) is 14.2 Å². The van der Waals surface area contributed by atoms with E-state index in [-0.39, 0.29) is 0 Å². The highest BCUT2D eigenvalue weighted by Crippen LogP contribution is 2.37. The monoisotopic (exact) mass is 500 g/mol. The molecule has 1 aromatic carbocycles. The molecule has 0 bridgehead atoms. The fourth-order valence-electron chi connectivity index (χ4n) is 5.03. The molecule has 11 heteroatoms. The third-order valence-corrected chi connectivity index (χ3v) is 7.15. The third kappa shape index (κ3) is 5.80. The van der Waals surface area contributed by atoms with E-state index in [9.17, 15) is 35.7 Å². The van der Waals surface area contributed by atoms with Crippen LogP contribution >= 0.6 is 0 Å². The summed E-state index contributed by atoms with van der Waals surface area (Å²) in [7, 11) is 0. The first kappa shape index (κ1) is 26.7. The minimum atomic E-state index is -1.71. The number of ether oxygens (including phenoxy) is 4. The maximum atomic E-state index is 11.1. The summed E-state index contributed by atoms with van der Waals surface area (Å²) in [6, 6.07) is 6.99. The van der Waals surface area contributed by atoms with Gasteiger partial charge in [0.25, 0.3) is 0 Å². The van der Waals surface area contributed by atoms with Crippen LogP contribution < -0.4 is 4.74 Å². The summed E-state index contributed by atoms with van der Waals surface area (Å²) in [6.07, 6.45) is -9.56. The molecule has 4 rings (SSSR count). The third-order valence-electron chi connectivity index (χ3n) is 7.15. The first-order chi connectivity index (χ1) is 16.8. The van der Waals surface area contributed by atoms with Crippen molar-refractivity contribution in [1.29, 1.82) is 0 Å². The lowest BCUT2D eigenvalue weighted by molar-refractivity contribution is -0.342. The maximum Gasteiger partial charge on any atom is 0.187 e. The van der Waals surface area contributed by atoms with Crippen LogP contribution in [0.1, 0.15) is 37.4 Å². The molecule has 2 heterocycles. The standard InChI is InChI=1S/C24H36O11/c25-9-15-17(27)19(29)20(30)24(34-15)35-23-18(28)16(10-26)33-22(21(23)31)13-6-3-7-14(8-13)32-11-12-4-1-2-5-12/h3,6-8,12,15-31H,1-2,4-5,9-11H2/t15-,16-,17-,18+,19+,20+,21+,22-,23+,24-/m1/s1. The molecule has 0 aromatic heterocycles. The molecule has 0 unspecified atom stereocenters. The second kappa shape index (κ2) is 11.8. The Hall–Kier alpha value is -1.38. The van der Waals surface area contributed by atoms with Crippen LogP contribution in [0.5, 0.6) is 5.75 Å². The van der Waals surface area contributed by atoms with E-state index < -0.39 is 74.4 Å². The Morgan fingerprint density at radius 2 is 1.49 bits per heavy atom. The predicted octanol–water partition coefficient (Wildman–Crippen LogP) is -1.41. The van der Waals surface area contributed by atoms with E-state index in [0.29, 0.717) is 23.8 Å². The number of benzene rings is 1. The molecule has 3 fully saturated rings. The molecule has 35 heavy (non-hydrogen) atoms. The van der Waals surface area contributed by atoms with Crippen LogP contribution in [0.3, 0.4) is 0 Å². The Labute approximate surface area is 203 Å². The summed E-state index contributed by atoms with van der Waals surface area (Å²) < 4.78 is 22.8. The second-order valence-corrected chi connectivity index (χ2v) is 9.59. The van der Waals surface area contributed by atoms with Crippen molar-refractivity contribution in [2.75, 3.05) is 19.8 Å². The van der Waals surface area contributed by atoms with E-state index in [0.717, 1.165) is 12.8 Å². The van der Waals surface area contributed by atoms with E-state index in [2.05, 4.69) is 0 Å². The van der Waals surface area contributed by atoms with Gasteiger partial charge >= 0.3 is 0 Å². The fourth-order valence-corrected chi connectivity index (χ4v) is 5.03. The zero-order valence-corrected chi connectivity index (χ0v) is 19.4. The number of rotatable bonds is 8. The molecule has 1 aromatic rings. The van der Waals surface area contributed by atoms with Crippen LogP contribution in [-0.4, -0.2) is 111 Å². The van der Waals surface area contributed by atoms with Crippen LogP contribution in [0.4, 0.5) is 0 Å². The minimum Gasteiger partial charge on any atom is -0.493 e. The van der Waals surface area contributed by atoms with E-state index in [4.69, 9.17) is 18.9 Å². The van der Waals surface area contributed by atoms with E-state index in [1.54, 1.807) is 24.3 Å². The van der Waals surface area contributed by atoms with E-state index in [1.165, 1.54) is 12.8 Å². The van der Waals surface area contributed by atoms with Crippen LogP contribution in [0.2, 0.25) is 0 Å². The summed E-state index contributed by atoms with van der Waals surface area (Å²) in [5.41, 5.74) is 0.536. The Balaban J connectivity index is 1.50. The Bertz CT molecular complexity index is 801. The Kier molecular flexibility index (Phi) is 8.98. The summed E-state index contributed by atoms with van der Waals surface area (Å²) in [5.74, 6) is 1.11. The van der Waals surface area contributed by atoms with Crippen LogP contribution in [0, 0.1) is 5.92 Å². The molecular weight excluding hydrogens is 464 g/mol. The van der Waals surface area contributed by atoms with Crippen molar-refractivity contribution in [3.05, 3.63) is 29.8 Å². The molecule has 2 aliphatic heterocycles. The molecule has 0 amide bonds. The summed E-state index contributed by atoms with van der Waals surface area (Å²) in [6.45, 7) is -0.631. The van der Waals surface area contributed by atoms with Gasteiger partial charge in [-0.2, -0.15) is 0 Å². The van der Waals surface area contributed by atoms with Gasteiger partial charge in [0.1, 0.15) is 60.7 Å². The average molecular weight is 501 g/mol. The number of hydrogen-bond acceptors (Lipinski definition) is 11. The van der Waals surface area contributed by atoms with E-state index >= 15 is 0 Å². The van der Waals surface area contributed by atoms with Crippen molar-refractivity contribution in [2.45, 2.75) is 86.9 Å². The first-order valence-corrected chi connectivity index (χ1v) is 12.1.